The zero-order chi connectivity index (χ0) is 20.3. The molecule has 0 radical (unpaired) electrons. The number of para-hydroxylation sites is 1. The molecule has 2 atom stereocenters. The van der Waals surface area contributed by atoms with Crippen LogP contribution in [0.2, 0.25) is 0 Å². The fraction of sp³-hybridized carbons (Fsp3) is 0.650. The Morgan fingerprint density at radius 3 is 2.68 bits per heavy atom. The summed E-state index contributed by atoms with van der Waals surface area (Å²) in [5.74, 6) is 0.540. The Morgan fingerprint density at radius 2 is 1.96 bits per heavy atom. The van der Waals surface area contributed by atoms with Crippen LogP contribution in [0.1, 0.15) is 33.1 Å². The van der Waals surface area contributed by atoms with E-state index in [9.17, 15) is 13.2 Å². The lowest BCUT2D eigenvalue weighted by Gasteiger charge is -2.32. The minimum Gasteiger partial charge on any atom is -0.487 e. The molecule has 0 bridgehead atoms. The van der Waals surface area contributed by atoms with Gasteiger partial charge in [-0.15, -0.1) is 0 Å². The van der Waals surface area contributed by atoms with E-state index in [0.29, 0.717) is 44.1 Å². The van der Waals surface area contributed by atoms with Crippen LogP contribution in [0.15, 0.2) is 29.2 Å². The van der Waals surface area contributed by atoms with Crippen molar-refractivity contribution in [2.75, 3.05) is 33.3 Å². The van der Waals surface area contributed by atoms with E-state index in [2.05, 4.69) is 13.8 Å². The van der Waals surface area contributed by atoms with Gasteiger partial charge in [-0.3, -0.25) is 9.69 Å². The summed E-state index contributed by atoms with van der Waals surface area (Å²) in [7, 11) is -2.27. The lowest BCUT2D eigenvalue weighted by atomic mass is 10.0. The summed E-state index contributed by atoms with van der Waals surface area (Å²) in [6.07, 6.45) is 1.82. The molecule has 0 aromatic heterocycles. The van der Waals surface area contributed by atoms with E-state index in [0.717, 1.165) is 6.42 Å². The van der Waals surface area contributed by atoms with Crippen LogP contribution in [0.3, 0.4) is 0 Å². The smallest absolute Gasteiger partial charge is 0.319 e. The number of methoxy groups -OCH3 is 1. The molecule has 28 heavy (non-hydrogen) atoms. The van der Waals surface area contributed by atoms with E-state index < -0.39 is 10.0 Å². The number of carbonyl (C=O) groups is 1. The standard InChI is InChI=1S/C20H30N2O5S/c1-15(2)8-13-22-16-9-11-21(14-20(23)26-3)12-10-17(16)27-18-6-4-5-7-19(18)28(22,24)25/h4-7,15-17H,8-14H2,1-3H3/t16-,17-/m1/s1. The highest BCUT2D eigenvalue weighted by atomic mass is 32.2. The monoisotopic (exact) mass is 410 g/mol. The van der Waals surface area contributed by atoms with E-state index in [4.69, 9.17) is 9.47 Å². The summed E-state index contributed by atoms with van der Waals surface area (Å²) in [5, 5.41) is 0. The van der Waals surface area contributed by atoms with Crippen LogP contribution in [0.4, 0.5) is 0 Å². The van der Waals surface area contributed by atoms with E-state index in [1.165, 1.54) is 7.11 Å². The Labute approximate surface area is 167 Å². The van der Waals surface area contributed by atoms with Crippen molar-refractivity contribution in [2.45, 2.75) is 50.2 Å². The first-order valence-corrected chi connectivity index (χ1v) is 11.3. The highest BCUT2D eigenvalue weighted by Gasteiger charge is 2.43. The third-order valence-electron chi connectivity index (χ3n) is 5.49. The van der Waals surface area contributed by atoms with Crippen molar-refractivity contribution in [1.29, 1.82) is 0 Å². The number of hydrogen-bond donors (Lipinski definition) is 0. The van der Waals surface area contributed by atoms with Crippen molar-refractivity contribution in [1.82, 2.24) is 9.21 Å². The number of ether oxygens (including phenoxy) is 2. The first-order chi connectivity index (χ1) is 13.3. The van der Waals surface area contributed by atoms with Crippen LogP contribution >= 0.6 is 0 Å². The molecule has 1 aromatic carbocycles. The molecule has 0 N–H and O–H groups in total. The molecule has 7 nitrogen and oxygen atoms in total. The van der Waals surface area contributed by atoms with E-state index in [1.54, 1.807) is 28.6 Å². The lowest BCUT2D eigenvalue weighted by molar-refractivity contribution is -0.141. The Kier molecular flexibility index (Phi) is 6.62. The molecule has 2 aliphatic rings. The van der Waals surface area contributed by atoms with Gasteiger partial charge in [-0.25, -0.2) is 8.42 Å². The van der Waals surface area contributed by atoms with Crippen LogP contribution in [-0.2, 0) is 19.6 Å². The van der Waals surface area contributed by atoms with Crippen LogP contribution in [-0.4, -0.2) is 69.0 Å². The minimum atomic E-state index is -3.65. The van der Waals surface area contributed by atoms with Gasteiger partial charge in [-0.2, -0.15) is 4.31 Å². The predicted molar refractivity (Wildman–Crippen MR) is 106 cm³/mol. The SMILES string of the molecule is COC(=O)CN1CC[C@@H]2[C@@H](CC1)Oc1ccccc1S(=O)(=O)N2CCC(C)C. The van der Waals surface area contributed by atoms with Crippen molar-refractivity contribution in [3.63, 3.8) is 0 Å². The van der Waals surface area contributed by atoms with Crippen LogP contribution in [0, 0.1) is 5.92 Å². The van der Waals surface area contributed by atoms with Crippen LogP contribution in [0.5, 0.6) is 5.75 Å². The Hall–Kier alpha value is -1.64. The van der Waals surface area contributed by atoms with Crippen molar-refractivity contribution >= 4 is 16.0 Å². The fourth-order valence-corrected chi connectivity index (χ4v) is 5.70. The number of likely N-dealkylation sites (tertiary alicyclic amines) is 1. The van der Waals surface area contributed by atoms with Gasteiger partial charge in [0.1, 0.15) is 16.7 Å². The lowest BCUT2D eigenvalue weighted by Crippen LogP contribution is -2.47. The van der Waals surface area contributed by atoms with E-state index >= 15 is 0 Å². The summed E-state index contributed by atoms with van der Waals surface area (Å²) < 4.78 is 39.6. The van der Waals surface area contributed by atoms with Gasteiger partial charge in [0.05, 0.1) is 19.7 Å². The van der Waals surface area contributed by atoms with Crippen LogP contribution < -0.4 is 4.74 Å². The van der Waals surface area contributed by atoms with Crippen molar-refractivity contribution in [3.05, 3.63) is 24.3 Å². The molecule has 8 heteroatoms. The van der Waals surface area contributed by atoms with Gasteiger partial charge < -0.3 is 9.47 Å². The third-order valence-corrected chi connectivity index (χ3v) is 7.46. The zero-order valence-corrected chi connectivity index (χ0v) is 17.7. The molecule has 2 aliphatic heterocycles. The van der Waals surface area contributed by atoms with Gasteiger partial charge in [-0.1, -0.05) is 26.0 Å². The molecular formula is C20H30N2O5S. The van der Waals surface area contributed by atoms with Gasteiger partial charge in [0.15, 0.2) is 0 Å². The molecule has 0 amide bonds. The Bertz CT molecular complexity index is 796. The van der Waals surface area contributed by atoms with Gasteiger partial charge in [0, 0.05) is 19.6 Å². The number of fused-ring (bicyclic) bond motifs is 2. The first kappa shape index (κ1) is 21.1. The number of hydrogen-bond acceptors (Lipinski definition) is 6. The molecule has 3 rings (SSSR count). The number of rotatable bonds is 5. The summed E-state index contributed by atoms with van der Waals surface area (Å²) >= 11 is 0. The second kappa shape index (κ2) is 8.80. The fourth-order valence-electron chi connectivity index (χ4n) is 3.89. The Balaban J connectivity index is 1.92. The molecule has 1 saturated heterocycles. The summed E-state index contributed by atoms with van der Waals surface area (Å²) in [4.78, 5) is 13.9. The van der Waals surface area contributed by atoms with Gasteiger partial charge in [-0.05, 0) is 37.3 Å². The maximum absolute atomic E-state index is 13.5. The zero-order valence-electron chi connectivity index (χ0n) is 16.8. The highest BCUT2D eigenvalue weighted by molar-refractivity contribution is 7.89. The second-order valence-corrected chi connectivity index (χ2v) is 9.76. The quantitative estimate of drug-likeness (QED) is 0.692. The molecule has 0 spiro atoms. The predicted octanol–water partition coefficient (Wildman–Crippen LogP) is 2.12. The van der Waals surface area contributed by atoms with Crippen LogP contribution in [0.25, 0.3) is 0 Å². The second-order valence-electron chi connectivity index (χ2n) is 7.90. The largest absolute Gasteiger partial charge is 0.487 e. The molecular weight excluding hydrogens is 380 g/mol. The van der Waals surface area contributed by atoms with Crippen molar-refractivity contribution < 1.29 is 22.7 Å². The van der Waals surface area contributed by atoms with E-state index in [-0.39, 0.29) is 29.6 Å². The highest BCUT2D eigenvalue weighted by Crippen LogP contribution is 2.36. The topological polar surface area (TPSA) is 76.1 Å². The maximum Gasteiger partial charge on any atom is 0.319 e. The van der Waals surface area contributed by atoms with Gasteiger partial charge in [0.2, 0.25) is 10.0 Å². The number of benzene rings is 1. The summed E-state index contributed by atoms with van der Waals surface area (Å²) in [6, 6.07) is 6.64. The number of esters is 1. The molecule has 156 valence electrons. The third kappa shape index (κ3) is 4.50. The van der Waals surface area contributed by atoms with Gasteiger partial charge >= 0.3 is 5.97 Å². The summed E-state index contributed by atoms with van der Waals surface area (Å²) in [6.45, 7) is 6.16. The Morgan fingerprint density at radius 1 is 1.25 bits per heavy atom. The summed E-state index contributed by atoms with van der Waals surface area (Å²) in [5.41, 5.74) is 0. The molecule has 2 heterocycles. The van der Waals surface area contributed by atoms with Gasteiger partial charge in [0.25, 0.3) is 0 Å². The molecule has 0 aliphatic carbocycles. The number of nitrogens with zero attached hydrogens (tertiary/aromatic N) is 2. The number of sulfonamides is 1. The van der Waals surface area contributed by atoms with Crippen molar-refractivity contribution in [2.24, 2.45) is 5.92 Å². The average molecular weight is 411 g/mol. The first-order valence-electron chi connectivity index (χ1n) is 9.89. The minimum absolute atomic E-state index is 0.214. The molecule has 0 saturated carbocycles. The average Bonchev–Trinajstić information content (AvgIpc) is 2.89. The molecule has 0 unspecified atom stereocenters. The van der Waals surface area contributed by atoms with E-state index in [1.807, 2.05) is 4.90 Å². The maximum atomic E-state index is 13.5. The normalized spacial score (nSPS) is 25.1. The van der Waals surface area contributed by atoms with Crippen molar-refractivity contribution in [3.8, 4) is 5.75 Å². The molecule has 1 aromatic rings. The molecule has 1 fully saturated rings. The number of carbonyl (C=O) groups excluding carboxylic acids is 1.